The zero-order chi connectivity index (χ0) is 13.9. The lowest BCUT2D eigenvalue weighted by Crippen LogP contribution is -2.51. The summed E-state index contributed by atoms with van der Waals surface area (Å²) in [4.78, 5) is 9.68. The second-order valence-electron chi connectivity index (χ2n) is 6.03. The number of aromatic nitrogens is 1. The zero-order valence-corrected chi connectivity index (χ0v) is 12.6. The number of nitrogens with zero attached hydrogens (tertiary/aromatic N) is 3. The van der Waals surface area contributed by atoms with Gasteiger partial charge in [-0.05, 0) is 38.8 Å². The van der Waals surface area contributed by atoms with Gasteiger partial charge in [-0.15, -0.1) is 0 Å². The Labute approximate surface area is 121 Å². The topological polar surface area (TPSA) is 28.6 Å². The summed E-state index contributed by atoms with van der Waals surface area (Å²) in [5, 5.41) is 0. The smallest absolute Gasteiger partial charge is 0.128 e. The van der Waals surface area contributed by atoms with E-state index in [0.717, 1.165) is 50.3 Å². The Bertz CT molecular complexity index is 443. The molecule has 0 aliphatic carbocycles. The standard InChI is InChI=1S/C16H25N3O/c1-13-4-3-5-16(17-13)18-8-6-15(7-9-18)19-10-11-20-14(2)12-19/h3-5,14-15H,6-12H2,1-2H3. The molecular weight excluding hydrogens is 250 g/mol. The van der Waals surface area contributed by atoms with E-state index in [1.54, 1.807) is 0 Å². The summed E-state index contributed by atoms with van der Waals surface area (Å²) in [6.45, 7) is 9.55. The summed E-state index contributed by atoms with van der Waals surface area (Å²) in [5.41, 5.74) is 1.10. The van der Waals surface area contributed by atoms with Gasteiger partial charge in [0.2, 0.25) is 0 Å². The summed E-state index contributed by atoms with van der Waals surface area (Å²) >= 11 is 0. The van der Waals surface area contributed by atoms with Crippen LogP contribution < -0.4 is 4.90 Å². The maximum absolute atomic E-state index is 5.64. The van der Waals surface area contributed by atoms with E-state index in [4.69, 9.17) is 4.74 Å². The minimum Gasteiger partial charge on any atom is -0.376 e. The van der Waals surface area contributed by atoms with Gasteiger partial charge in [0.15, 0.2) is 0 Å². The fraction of sp³-hybridized carbons (Fsp3) is 0.688. The highest BCUT2D eigenvalue weighted by atomic mass is 16.5. The Kier molecular flexibility index (Phi) is 4.22. The normalized spacial score (nSPS) is 25.9. The van der Waals surface area contributed by atoms with Crippen LogP contribution in [0.2, 0.25) is 0 Å². The first-order valence-corrected chi connectivity index (χ1v) is 7.76. The highest BCUT2D eigenvalue weighted by molar-refractivity contribution is 5.39. The van der Waals surface area contributed by atoms with Crippen LogP contribution in [0.5, 0.6) is 0 Å². The molecule has 3 heterocycles. The van der Waals surface area contributed by atoms with E-state index in [1.807, 2.05) is 0 Å². The quantitative estimate of drug-likeness (QED) is 0.826. The second kappa shape index (κ2) is 6.10. The van der Waals surface area contributed by atoms with Crippen LogP contribution >= 0.6 is 0 Å². The third kappa shape index (κ3) is 3.13. The average molecular weight is 275 g/mol. The summed E-state index contributed by atoms with van der Waals surface area (Å²) in [6, 6.07) is 7.02. The van der Waals surface area contributed by atoms with E-state index < -0.39 is 0 Å². The number of morpholine rings is 1. The van der Waals surface area contributed by atoms with Crippen LogP contribution in [0.4, 0.5) is 5.82 Å². The first-order chi connectivity index (χ1) is 9.72. The fourth-order valence-corrected chi connectivity index (χ4v) is 3.34. The van der Waals surface area contributed by atoms with E-state index in [0.29, 0.717) is 6.10 Å². The second-order valence-corrected chi connectivity index (χ2v) is 6.03. The molecule has 1 aromatic rings. The van der Waals surface area contributed by atoms with Crippen molar-refractivity contribution in [3.8, 4) is 0 Å². The predicted octanol–water partition coefficient (Wildman–Crippen LogP) is 2.08. The van der Waals surface area contributed by atoms with Crippen LogP contribution in [0.1, 0.15) is 25.5 Å². The van der Waals surface area contributed by atoms with Crippen LogP contribution in [-0.4, -0.2) is 54.8 Å². The number of aryl methyl sites for hydroxylation is 1. The van der Waals surface area contributed by atoms with Crippen LogP contribution in [0.15, 0.2) is 18.2 Å². The molecule has 2 fully saturated rings. The van der Waals surface area contributed by atoms with Crippen LogP contribution in [-0.2, 0) is 4.74 Å². The van der Waals surface area contributed by atoms with Crippen molar-refractivity contribution in [3.05, 3.63) is 23.9 Å². The number of pyridine rings is 1. The Morgan fingerprint density at radius 3 is 2.70 bits per heavy atom. The molecule has 110 valence electrons. The molecule has 1 aromatic heterocycles. The van der Waals surface area contributed by atoms with Gasteiger partial charge in [-0.2, -0.15) is 0 Å². The van der Waals surface area contributed by atoms with Gasteiger partial charge in [-0.25, -0.2) is 4.98 Å². The van der Waals surface area contributed by atoms with E-state index in [1.165, 1.54) is 12.8 Å². The molecular formula is C16H25N3O. The molecule has 20 heavy (non-hydrogen) atoms. The van der Waals surface area contributed by atoms with Gasteiger partial charge in [0.1, 0.15) is 5.82 Å². The SMILES string of the molecule is Cc1cccc(N2CCC(N3CCOC(C)C3)CC2)n1. The molecule has 0 aromatic carbocycles. The molecule has 0 amide bonds. The summed E-state index contributed by atoms with van der Waals surface area (Å²) in [6.07, 6.45) is 2.87. The first kappa shape index (κ1) is 13.8. The van der Waals surface area contributed by atoms with Crippen molar-refractivity contribution in [1.29, 1.82) is 0 Å². The van der Waals surface area contributed by atoms with Crippen molar-refractivity contribution in [3.63, 3.8) is 0 Å². The Morgan fingerprint density at radius 2 is 2.00 bits per heavy atom. The lowest BCUT2D eigenvalue weighted by atomic mass is 10.0. The van der Waals surface area contributed by atoms with Gasteiger partial charge in [0.25, 0.3) is 0 Å². The third-order valence-electron chi connectivity index (χ3n) is 4.45. The Morgan fingerprint density at radius 1 is 1.20 bits per heavy atom. The third-order valence-corrected chi connectivity index (χ3v) is 4.45. The maximum Gasteiger partial charge on any atom is 0.128 e. The molecule has 1 atom stereocenters. The summed E-state index contributed by atoms with van der Waals surface area (Å²) < 4.78 is 5.64. The molecule has 2 aliphatic rings. The molecule has 4 nitrogen and oxygen atoms in total. The molecule has 0 spiro atoms. The van der Waals surface area contributed by atoms with Crippen molar-refractivity contribution in [2.24, 2.45) is 0 Å². The molecule has 0 bridgehead atoms. The highest BCUT2D eigenvalue weighted by Crippen LogP contribution is 2.22. The number of rotatable bonds is 2. The number of piperidine rings is 1. The largest absolute Gasteiger partial charge is 0.376 e. The van der Waals surface area contributed by atoms with Gasteiger partial charge in [0, 0.05) is 37.9 Å². The molecule has 2 saturated heterocycles. The summed E-state index contributed by atoms with van der Waals surface area (Å²) in [5.74, 6) is 1.14. The van der Waals surface area contributed by atoms with Gasteiger partial charge in [0.05, 0.1) is 12.7 Å². The highest BCUT2D eigenvalue weighted by Gasteiger charge is 2.28. The molecule has 1 unspecified atom stereocenters. The molecule has 0 N–H and O–H groups in total. The van der Waals surface area contributed by atoms with E-state index >= 15 is 0 Å². The van der Waals surface area contributed by atoms with Crippen molar-refractivity contribution in [2.45, 2.75) is 38.8 Å². The number of hydrogen-bond donors (Lipinski definition) is 0. The van der Waals surface area contributed by atoms with E-state index in [2.05, 4.69) is 46.8 Å². The monoisotopic (exact) mass is 275 g/mol. The minimum absolute atomic E-state index is 0.389. The van der Waals surface area contributed by atoms with Gasteiger partial charge in [-0.3, -0.25) is 4.90 Å². The lowest BCUT2D eigenvalue weighted by molar-refractivity contribution is -0.0373. The van der Waals surface area contributed by atoms with Gasteiger partial charge >= 0.3 is 0 Å². The molecule has 0 radical (unpaired) electrons. The lowest BCUT2D eigenvalue weighted by Gasteiger charge is -2.42. The van der Waals surface area contributed by atoms with Gasteiger partial charge < -0.3 is 9.64 Å². The summed E-state index contributed by atoms with van der Waals surface area (Å²) in [7, 11) is 0. The van der Waals surface area contributed by atoms with Crippen molar-refractivity contribution in [2.75, 3.05) is 37.7 Å². The van der Waals surface area contributed by atoms with Crippen LogP contribution in [0.25, 0.3) is 0 Å². The minimum atomic E-state index is 0.389. The van der Waals surface area contributed by atoms with Crippen molar-refractivity contribution < 1.29 is 4.74 Å². The fourth-order valence-electron chi connectivity index (χ4n) is 3.34. The van der Waals surface area contributed by atoms with E-state index in [9.17, 15) is 0 Å². The molecule has 0 saturated carbocycles. The molecule has 4 heteroatoms. The Balaban J connectivity index is 1.56. The zero-order valence-electron chi connectivity index (χ0n) is 12.6. The average Bonchev–Trinajstić information content (AvgIpc) is 2.47. The van der Waals surface area contributed by atoms with Crippen LogP contribution in [0.3, 0.4) is 0 Å². The van der Waals surface area contributed by atoms with Gasteiger partial charge in [-0.1, -0.05) is 6.07 Å². The molecule has 2 aliphatic heterocycles. The first-order valence-electron chi connectivity index (χ1n) is 7.76. The molecule has 3 rings (SSSR count). The number of hydrogen-bond acceptors (Lipinski definition) is 4. The van der Waals surface area contributed by atoms with E-state index in [-0.39, 0.29) is 0 Å². The van der Waals surface area contributed by atoms with Crippen molar-refractivity contribution >= 4 is 5.82 Å². The predicted molar refractivity (Wildman–Crippen MR) is 81.2 cm³/mol. The number of ether oxygens (including phenoxy) is 1. The Hall–Kier alpha value is -1.13. The van der Waals surface area contributed by atoms with Crippen molar-refractivity contribution in [1.82, 2.24) is 9.88 Å². The van der Waals surface area contributed by atoms with Crippen LogP contribution in [0, 0.1) is 6.92 Å². The number of anilines is 1. The maximum atomic E-state index is 5.64.